The van der Waals surface area contributed by atoms with Crippen molar-refractivity contribution in [3.8, 4) is 0 Å². The summed E-state index contributed by atoms with van der Waals surface area (Å²) < 4.78 is 6.38. The van der Waals surface area contributed by atoms with Crippen molar-refractivity contribution >= 4 is 15.9 Å². The van der Waals surface area contributed by atoms with Crippen molar-refractivity contribution in [2.45, 2.75) is 38.3 Å². The lowest BCUT2D eigenvalue weighted by atomic mass is 10.0. The molecule has 0 fully saturated rings. The van der Waals surface area contributed by atoms with Gasteiger partial charge in [0, 0.05) is 17.6 Å². The predicted octanol–water partition coefficient (Wildman–Crippen LogP) is 2.64. The molecule has 2 unspecified atom stereocenters. The van der Waals surface area contributed by atoms with Crippen LogP contribution < -0.4 is 11.3 Å². The first-order valence-electron chi connectivity index (χ1n) is 5.89. The summed E-state index contributed by atoms with van der Waals surface area (Å²) in [6, 6.07) is 8.53. The third-order valence-corrected chi connectivity index (χ3v) is 3.76. The Kier molecular flexibility index (Phi) is 6.73. The van der Waals surface area contributed by atoms with Crippen molar-refractivity contribution in [2.24, 2.45) is 5.84 Å². The van der Waals surface area contributed by atoms with Crippen LogP contribution in [-0.4, -0.2) is 19.3 Å². The van der Waals surface area contributed by atoms with Crippen LogP contribution in [0.4, 0.5) is 0 Å². The second-order valence-corrected chi connectivity index (χ2v) is 5.14. The molecule has 0 radical (unpaired) electrons. The van der Waals surface area contributed by atoms with Crippen LogP contribution in [0, 0.1) is 0 Å². The summed E-state index contributed by atoms with van der Waals surface area (Å²) in [4.78, 5) is 0. The van der Waals surface area contributed by atoms with Gasteiger partial charge in [-0.15, -0.1) is 0 Å². The van der Waals surface area contributed by atoms with E-state index in [-0.39, 0.29) is 12.1 Å². The molecule has 0 aliphatic heterocycles. The van der Waals surface area contributed by atoms with Crippen molar-refractivity contribution in [3.05, 3.63) is 34.3 Å². The highest BCUT2D eigenvalue weighted by molar-refractivity contribution is 9.10. The Hall–Kier alpha value is -0.420. The Morgan fingerprint density at radius 2 is 2.06 bits per heavy atom. The molecule has 0 saturated heterocycles. The van der Waals surface area contributed by atoms with Crippen molar-refractivity contribution in [3.63, 3.8) is 0 Å². The van der Waals surface area contributed by atoms with E-state index in [2.05, 4.69) is 40.4 Å². The summed E-state index contributed by atoms with van der Waals surface area (Å²) in [7, 11) is 1.74. The quantitative estimate of drug-likeness (QED) is 0.601. The summed E-state index contributed by atoms with van der Waals surface area (Å²) in [5.74, 6) is 5.59. The summed E-state index contributed by atoms with van der Waals surface area (Å²) >= 11 is 3.55. The first-order valence-corrected chi connectivity index (χ1v) is 6.69. The third kappa shape index (κ3) is 5.17. The largest absolute Gasteiger partial charge is 0.382 e. The molecule has 0 heterocycles. The zero-order valence-corrected chi connectivity index (χ0v) is 12.0. The second kappa shape index (κ2) is 7.82. The van der Waals surface area contributed by atoms with Crippen LogP contribution >= 0.6 is 15.9 Å². The van der Waals surface area contributed by atoms with Gasteiger partial charge in [0.05, 0.1) is 6.10 Å². The summed E-state index contributed by atoms with van der Waals surface area (Å²) in [5, 5.41) is 0. The predicted molar refractivity (Wildman–Crippen MR) is 74.7 cm³/mol. The van der Waals surface area contributed by atoms with Gasteiger partial charge in [-0.25, -0.2) is 0 Å². The maximum atomic E-state index is 5.59. The molecule has 96 valence electrons. The lowest BCUT2D eigenvalue weighted by Crippen LogP contribution is -2.37. The van der Waals surface area contributed by atoms with Crippen LogP contribution in [0.15, 0.2) is 28.7 Å². The molecule has 0 amide bonds. The Bertz CT molecular complexity index is 333. The minimum atomic E-state index is 0.282. The van der Waals surface area contributed by atoms with E-state index in [0.29, 0.717) is 0 Å². The Labute approximate surface area is 112 Å². The van der Waals surface area contributed by atoms with E-state index >= 15 is 0 Å². The molecule has 4 heteroatoms. The van der Waals surface area contributed by atoms with Gasteiger partial charge >= 0.3 is 0 Å². The number of halogens is 1. The lowest BCUT2D eigenvalue weighted by molar-refractivity contribution is 0.106. The van der Waals surface area contributed by atoms with Gasteiger partial charge in [0.25, 0.3) is 0 Å². The number of nitrogens with one attached hydrogen (secondary N) is 1. The molecule has 1 rings (SSSR count). The summed E-state index contributed by atoms with van der Waals surface area (Å²) in [5.41, 5.74) is 4.16. The maximum Gasteiger partial charge on any atom is 0.0543 e. The standard InChI is InChI=1S/C13H21BrN2O/c1-10(17-2)7-8-12(16-15)9-11-5-3-4-6-13(11)14/h3-6,10,12,16H,7-9,15H2,1-2H3. The first-order chi connectivity index (χ1) is 8.17. The zero-order valence-electron chi connectivity index (χ0n) is 10.4. The van der Waals surface area contributed by atoms with Crippen LogP contribution in [0.1, 0.15) is 25.3 Å². The van der Waals surface area contributed by atoms with E-state index in [9.17, 15) is 0 Å². The number of hydrogen-bond acceptors (Lipinski definition) is 3. The monoisotopic (exact) mass is 300 g/mol. The fraction of sp³-hybridized carbons (Fsp3) is 0.538. The molecule has 2 atom stereocenters. The van der Waals surface area contributed by atoms with Gasteiger partial charge in [-0.3, -0.25) is 11.3 Å². The fourth-order valence-electron chi connectivity index (χ4n) is 1.73. The zero-order chi connectivity index (χ0) is 12.7. The molecule has 0 aromatic heterocycles. The Morgan fingerprint density at radius 1 is 1.35 bits per heavy atom. The van der Waals surface area contributed by atoms with Crippen LogP contribution in [-0.2, 0) is 11.2 Å². The van der Waals surface area contributed by atoms with E-state index in [0.717, 1.165) is 23.7 Å². The SMILES string of the molecule is COC(C)CCC(Cc1ccccc1Br)NN. The van der Waals surface area contributed by atoms with Gasteiger partial charge < -0.3 is 4.74 Å². The number of nitrogens with two attached hydrogens (primary N) is 1. The highest BCUT2D eigenvalue weighted by Crippen LogP contribution is 2.18. The van der Waals surface area contributed by atoms with Gasteiger partial charge in [0.2, 0.25) is 0 Å². The van der Waals surface area contributed by atoms with Gasteiger partial charge in [-0.2, -0.15) is 0 Å². The smallest absolute Gasteiger partial charge is 0.0543 e. The Morgan fingerprint density at radius 3 is 2.65 bits per heavy atom. The number of hydrogen-bond donors (Lipinski definition) is 2. The van der Waals surface area contributed by atoms with Gasteiger partial charge in [0.1, 0.15) is 0 Å². The van der Waals surface area contributed by atoms with Gasteiger partial charge in [0.15, 0.2) is 0 Å². The fourth-order valence-corrected chi connectivity index (χ4v) is 2.17. The number of ether oxygens (including phenoxy) is 1. The van der Waals surface area contributed by atoms with Crippen LogP contribution in [0.3, 0.4) is 0 Å². The number of rotatable bonds is 7. The summed E-state index contributed by atoms with van der Waals surface area (Å²) in [6.07, 6.45) is 3.22. The summed E-state index contributed by atoms with van der Waals surface area (Å²) in [6.45, 7) is 2.08. The van der Waals surface area contributed by atoms with Crippen LogP contribution in [0.2, 0.25) is 0 Å². The van der Waals surface area contributed by atoms with Gasteiger partial charge in [-0.1, -0.05) is 34.1 Å². The molecular weight excluding hydrogens is 280 g/mol. The van der Waals surface area contributed by atoms with E-state index < -0.39 is 0 Å². The van der Waals surface area contributed by atoms with Crippen molar-refractivity contribution in [2.75, 3.05) is 7.11 Å². The Balaban J connectivity index is 2.49. The molecule has 0 aliphatic carbocycles. The maximum absolute atomic E-state index is 5.59. The van der Waals surface area contributed by atoms with Crippen molar-refractivity contribution in [1.29, 1.82) is 0 Å². The number of hydrazine groups is 1. The lowest BCUT2D eigenvalue weighted by Gasteiger charge is -2.18. The number of benzene rings is 1. The number of methoxy groups -OCH3 is 1. The van der Waals surface area contributed by atoms with Gasteiger partial charge in [-0.05, 0) is 37.8 Å². The molecule has 1 aromatic carbocycles. The van der Waals surface area contributed by atoms with E-state index in [1.807, 2.05) is 12.1 Å². The molecule has 1 aromatic rings. The first kappa shape index (κ1) is 14.6. The molecule has 0 saturated carbocycles. The highest BCUT2D eigenvalue weighted by Gasteiger charge is 2.11. The van der Waals surface area contributed by atoms with Crippen LogP contribution in [0.25, 0.3) is 0 Å². The molecule has 3 N–H and O–H groups in total. The minimum Gasteiger partial charge on any atom is -0.382 e. The van der Waals surface area contributed by atoms with Crippen LogP contribution in [0.5, 0.6) is 0 Å². The molecule has 0 aliphatic rings. The average Bonchev–Trinajstić information content (AvgIpc) is 2.36. The normalized spacial score (nSPS) is 14.6. The molecule has 3 nitrogen and oxygen atoms in total. The molecule has 17 heavy (non-hydrogen) atoms. The van der Waals surface area contributed by atoms with E-state index in [1.165, 1.54) is 5.56 Å². The minimum absolute atomic E-state index is 0.282. The average molecular weight is 301 g/mol. The topological polar surface area (TPSA) is 47.3 Å². The molecule has 0 bridgehead atoms. The highest BCUT2D eigenvalue weighted by atomic mass is 79.9. The second-order valence-electron chi connectivity index (χ2n) is 4.28. The van der Waals surface area contributed by atoms with E-state index in [4.69, 9.17) is 10.6 Å². The molecule has 0 spiro atoms. The van der Waals surface area contributed by atoms with Crippen molar-refractivity contribution < 1.29 is 4.74 Å². The third-order valence-electron chi connectivity index (χ3n) is 2.98. The molecular formula is C13H21BrN2O. The van der Waals surface area contributed by atoms with E-state index in [1.54, 1.807) is 7.11 Å². The van der Waals surface area contributed by atoms with Crippen molar-refractivity contribution in [1.82, 2.24) is 5.43 Å².